The molecule has 2 unspecified atom stereocenters. The molecule has 7 nitrogen and oxygen atoms in total. The van der Waals surface area contributed by atoms with Crippen LogP contribution in [0.4, 0.5) is 0 Å². The van der Waals surface area contributed by atoms with Crippen molar-refractivity contribution in [3.8, 4) is 0 Å². The van der Waals surface area contributed by atoms with E-state index < -0.39 is 18.1 Å². The smallest absolute Gasteiger partial charge is 0.328 e. The third-order valence-electron chi connectivity index (χ3n) is 3.69. The molecule has 1 saturated heterocycles. The van der Waals surface area contributed by atoms with Crippen LogP contribution in [0.2, 0.25) is 0 Å². The maximum atomic E-state index is 12.6. The van der Waals surface area contributed by atoms with E-state index in [0.29, 0.717) is 5.39 Å². The molecule has 0 bridgehead atoms. The topological polar surface area (TPSA) is 95.5 Å². The Morgan fingerprint density at radius 3 is 2.95 bits per heavy atom. The Kier molecular flexibility index (Phi) is 3.34. The quantitative estimate of drug-likeness (QED) is 0.776. The Bertz CT molecular complexity index is 696. The van der Waals surface area contributed by atoms with Gasteiger partial charge in [-0.2, -0.15) is 5.10 Å². The first kappa shape index (κ1) is 13.6. The summed E-state index contributed by atoms with van der Waals surface area (Å²) in [5.74, 6) is -0.917. The molecule has 1 amide bonds. The molecule has 2 atom stereocenters. The highest BCUT2D eigenvalue weighted by Gasteiger charge is 2.40. The van der Waals surface area contributed by atoms with Crippen molar-refractivity contribution in [2.75, 3.05) is 13.7 Å². The summed E-state index contributed by atoms with van der Waals surface area (Å²) in [7, 11) is 1.26. The van der Waals surface area contributed by atoms with Crippen LogP contribution in [0.25, 0.3) is 10.9 Å². The number of aromatic nitrogens is 2. The summed E-state index contributed by atoms with van der Waals surface area (Å²) in [6, 6.07) is 6.48. The van der Waals surface area contributed by atoms with Gasteiger partial charge < -0.3 is 14.7 Å². The van der Waals surface area contributed by atoms with Gasteiger partial charge in [-0.1, -0.05) is 18.2 Å². The first-order chi connectivity index (χ1) is 10.1. The molecule has 3 rings (SSSR count). The van der Waals surface area contributed by atoms with E-state index in [9.17, 15) is 14.7 Å². The third-order valence-corrected chi connectivity index (χ3v) is 3.69. The summed E-state index contributed by atoms with van der Waals surface area (Å²) < 4.78 is 4.70. The standard InChI is InChI=1S/C14H15N3O4/c1-21-14(20)11-6-8(18)7-17(11)13(19)12-9-4-2-3-5-10(9)15-16-12/h2-5,8,11,18H,6-7H2,1H3,(H,15,16). The highest BCUT2D eigenvalue weighted by molar-refractivity contribution is 6.05. The van der Waals surface area contributed by atoms with Crippen molar-refractivity contribution in [3.63, 3.8) is 0 Å². The molecule has 1 aliphatic rings. The van der Waals surface area contributed by atoms with Gasteiger partial charge in [0.25, 0.3) is 5.91 Å². The predicted octanol–water partition coefficient (Wildman–Crippen LogP) is 0.311. The number of nitrogens with zero attached hydrogens (tertiary/aromatic N) is 2. The Morgan fingerprint density at radius 1 is 1.43 bits per heavy atom. The summed E-state index contributed by atoms with van der Waals surface area (Å²) in [5.41, 5.74) is 0.990. The SMILES string of the molecule is COC(=O)C1CC(O)CN1C(=O)c1n[nH]c2ccccc12. The van der Waals surface area contributed by atoms with Crippen LogP contribution in [-0.2, 0) is 9.53 Å². The number of carbonyl (C=O) groups excluding carboxylic acids is 2. The van der Waals surface area contributed by atoms with E-state index in [-0.39, 0.29) is 24.6 Å². The van der Waals surface area contributed by atoms with Gasteiger partial charge in [0.1, 0.15) is 6.04 Å². The number of ether oxygens (including phenoxy) is 1. The lowest BCUT2D eigenvalue weighted by Crippen LogP contribution is -2.41. The number of benzene rings is 1. The molecule has 0 spiro atoms. The molecule has 21 heavy (non-hydrogen) atoms. The second-order valence-corrected chi connectivity index (χ2v) is 5.00. The number of methoxy groups -OCH3 is 1. The van der Waals surface area contributed by atoms with E-state index in [1.54, 1.807) is 6.07 Å². The van der Waals surface area contributed by atoms with Crippen molar-refractivity contribution >= 4 is 22.8 Å². The van der Waals surface area contributed by atoms with Gasteiger partial charge in [-0.25, -0.2) is 4.79 Å². The average molecular weight is 289 g/mol. The first-order valence-electron chi connectivity index (χ1n) is 6.61. The minimum Gasteiger partial charge on any atom is -0.467 e. The fourth-order valence-corrected chi connectivity index (χ4v) is 2.66. The van der Waals surface area contributed by atoms with Crippen molar-refractivity contribution in [2.45, 2.75) is 18.6 Å². The average Bonchev–Trinajstić information content (AvgIpc) is 3.09. The molecule has 1 aliphatic heterocycles. The molecule has 0 aliphatic carbocycles. The molecule has 1 aromatic carbocycles. The molecule has 0 radical (unpaired) electrons. The maximum absolute atomic E-state index is 12.6. The molecular formula is C14H15N3O4. The van der Waals surface area contributed by atoms with Crippen molar-refractivity contribution in [1.29, 1.82) is 0 Å². The summed E-state index contributed by atoms with van der Waals surface area (Å²) in [4.78, 5) is 25.7. The number of β-amino-alcohol motifs (C(OH)–C–C–N with tert-alkyl or cyclic N) is 1. The zero-order chi connectivity index (χ0) is 15.0. The number of para-hydroxylation sites is 1. The van der Waals surface area contributed by atoms with Crippen LogP contribution in [0, 0.1) is 0 Å². The Morgan fingerprint density at radius 2 is 2.19 bits per heavy atom. The molecule has 2 heterocycles. The second-order valence-electron chi connectivity index (χ2n) is 5.00. The van der Waals surface area contributed by atoms with Crippen LogP contribution < -0.4 is 0 Å². The number of aliphatic hydroxyl groups is 1. The van der Waals surface area contributed by atoms with E-state index in [4.69, 9.17) is 4.74 Å². The minimum absolute atomic E-state index is 0.0970. The van der Waals surface area contributed by atoms with Gasteiger partial charge >= 0.3 is 5.97 Å². The fourth-order valence-electron chi connectivity index (χ4n) is 2.66. The number of H-pyrrole nitrogens is 1. The molecule has 2 N–H and O–H groups in total. The number of aliphatic hydroxyl groups excluding tert-OH is 1. The second kappa shape index (κ2) is 5.17. The third kappa shape index (κ3) is 2.25. The maximum Gasteiger partial charge on any atom is 0.328 e. The molecule has 0 saturated carbocycles. The van der Waals surface area contributed by atoms with Gasteiger partial charge in [0, 0.05) is 18.4 Å². The van der Waals surface area contributed by atoms with E-state index in [1.165, 1.54) is 12.0 Å². The predicted molar refractivity (Wildman–Crippen MR) is 73.6 cm³/mol. The van der Waals surface area contributed by atoms with Crippen LogP contribution >= 0.6 is 0 Å². The summed E-state index contributed by atoms with van der Waals surface area (Å²) >= 11 is 0. The number of rotatable bonds is 2. The van der Waals surface area contributed by atoms with Gasteiger partial charge in [0.15, 0.2) is 5.69 Å². The lowest BCUT2D eigenvalue weighted by molar-refractivity contribution is -0.145. The number of hydrogen-bond acceptors (Lipinski definition) is 5. The molecule has 7 heteroatoms. The van der Waals surface area contributed by atoms with Gasteiger partial charge in [0.05, 0.1) is 18.7 Å². The van der Waals surface area contributed by atoms with E-state index in [1.807, 2.05) is 18.2 Å². The minimum atomic E-state index is -0.770. The van der Waals surface area contributed by atoms with Crippen LogP contribution in [0.3, 0.4) is 0 Å². The molecule has 110 valence electrons. The highest BCUT2D eigenvalue weighted by atomic mass is 16.5. The number of amides is 1. The molecule has 1 aromatic heterocycles. The zero-order valence-electron chi connectivity index (χ0n) is 11.4. The van der Waals surface area contributed by atoms with E-state index in [0.717, 1.165) is 5.52 Å². The largest absolute Gasteiger partial charge is 0.467 e. The van der Waals surface area contributed by atoms with E-state index in [2.05, 4.69) is 10.2 Å². The number of carbonyl (C=O) groups is 2. The van der Waals surface area contributed by atoms with Gasteiger partial charge in [-0.15, -0.1) is 0 Å². The monoisotopic (exact) mass is 289 g/mol. The van der Waals surface area contributed by atoms with Crippen molar-refractivity contribution in [3.05, 3.63) is 30.0 Å². The number of likely N-dealkylation sites (tertiary alicyclic amines) is 1. The van der Waals surface area contributed by atoms with Gasteiger partial charge in [-0.3, -0.25) is 9.89 Å². The van der Waals surface area contributed by atoms with Crippen LogP contribution in [0.5, 0.6) is 0 Å². The van der Waals surface area contributed by atoms with Gasteiger partial charge in [-0.05, 0) is 6.07 Å². The van der Waals surface area contributed by atoms with Crippen molar-refractivity contribution in [2.24, 2.45) is 0 Å². The van der Waals surface area contributed by atoms with E-state index >= 15 is 0 Å². The van der Waals surface area contributed by atoms with Crippen LogP contribution in [0.15, 0.2) is 24.3 Å². The highest BCUT2D eigenvalue weighted by Crippen LogP contribution is 2.24. The number of esters is 1. The summed E-state index contributed by atoms with van der Waals surface area (Å²) in [5, 5.41) is 17.3. The Labute approximate surface area is 120 Å². The molecular weight excluding hydrogens is 274 g/mol. The fraction of sp³-hybridized carbons (Fsp3) is 0.357. The van der Waals surface area contributed by atoms with Crippen LogP contribution in [-0.4, -0.2) is 57.9 Å². The Hall–Kier alpha value is -2.41. The normalized spacial score (nSPS) is 21.7. The van der Waals surface area contributed by atoms with Crippen LogP contribution in [0.1, 0.15) is 16.9 Å². The van der Waals surface area contributed by atoms with Crippen molar-refractivity contribution < 1.29 is 19.4 Å². The lowest BCUT2D eigenvalue weighted by atomic mass is 10.1. The number of hydrogen-bond donors (Lipinski definition) is 2. The summed E-state index contributed by atoms with van der Waals surface area (Å²) in [6.45, 7) is 0.0970. The number of nitrogens with one attached hydrogen (secondary N) is 1. The zero-order valence-corrected chi connectivity index (χ0v) is 11.4. The molecule has 1 fully saturated rings. The number of aromatic amines is 1. The lowest BCUT2D eigenvalue weighted by Gasteiger charge is -2.21. The van der Waals surface area contributed by atoms with Gasteiger partial charge in [0.2, 0.25) is 0 Å². The number of fused-ring (bicyclic) bond motifs is 1. The first-order valence-corrected chi connectivity index (χ1v) is 6.61. The molecule has 2 aromatic rings. The van der Waals surface area contributed by atoms with Crippen molar-refractivity contribution in [1.82, 2.24) is 15.1 Å². The summed E-state index contributed by atoms with van der Waals surface area (Å²) in [6.07, 6.45) is -0.552. The Balaban J connectivity index is 1.95.